The summed E-state index contributed by atoms with van der Waals surface area (Å²) < 4.78 is 6.31. The monoisotopic (exact) mass is 312 g/mol. The number of morpholine rings is 1. The Labute approximate surface area is 115 Å². The van der Waals surface area contributed by atoms with Gasteiger partial charge in [-0.15, -0.1) is 0 Å². The third-order valence-corrected chi connectivity index (χ3v) is 3.87. The van der Waals surface area contributed by atoms with Crippen LogP contribution in [0.5, 0.6) is 0 Å². The van der Waals surface area contributed by atoms with E-state index >= 15 is 0 Å². The predicted octanol–water partition coefficient (Wildman–Crippen LogP) is 1.53. The third kappa shape index (κ3) is 3.10. The number of ether oxygens (including phenoxy) is 1. The molecule has 0 bridgehead atoms. The molecule has 18 heavy (non-hydrogen) atoms. The van der Waals surface area contributed by atoms with Crippen LogP contribution >= 0.6 is 15.9 Å². The minimum atomic E-state index is 0.0375. The number of carbonyl (C=O) groups is 1. The molecule has 0 aliphatic carbocycles. The maximum Gasteiger partial charge on any atom is 0.249 e. The molecule has 0 spiro atoms. The Bertz CT molecular complexity index is 423. The van der Waals surface area contributed by atoms with Gasteiger partial charge in [0, 0.05) is 11.0 Å². The van der Waals surface area contributed by atoms with E-state index in [2.05, 4.69) is 15.9 Å². The van der Waals surface area contributed by atoms with Crippen LogP contribution in [0.25, 0.3) is 0 Å². The average Bonchev–Trinajstić information content (AvgIpc) is 2.36. The van der Waals surface area contributed by atoms with Crippen LogP contribution in [-0.2, 0) is 16.1 Å². The summed E-state index contributed by atoms with van der Waals surface area (Å²) in [4.78, 5) is 13.8. The second-order valence-corrected chi connectivity index (χ2v) is 5.21. The van der Waals surface area contributed by atoms with Crippen LogP contribution in [0, 0.1) is 0 Å². The van der Waals surface area contributed by atoms with E-state index in [1.54, 1.807) is 0 Å². The van der Waals surface area contributed by atoms with E-state index in [-0.39, 0.29) is 18.6 Å². The molecule has 1 aliphatic heterocycles. The summed E-state index contributed by atoms with van der Waals surface area (Å²) in [5, 5.41) is 0. The molecule has 1 aromatic rings. The summed E-state index contributed by atoms with van der Waals surface area (Å²) >= 11 is 3.51. The Morgan fingerprint density at radius 1 is 1.44 bits per heavy atom. The smallest absolute Gasteiger partial charge is 0.249 e. The van der Waals surface area contributed by atoms with Crippen LogP contribution in [0.15, 0.2) is 28.7 Å². The molecule has 1 saturated heterocycles. The first-order valence-corrected chi connectivity index (χ1v) is 6.82. The summed E-state index contributed by atoms with van der Waals surface area (Å²) in [5.41, 5.74) is 6.69. The molecule has 2 rings (SSSR count). The Morgan fingerprint density at radius 3 is 2.94 bits per heavy atom. The van der Waals surface area contributed by atoms with E-state index in [1.807, 2.05) is 29.2 Å². The van der Waals surface area contributed by atoms with E-state index in [1.165, 1.54) is 0 Å². The van der Waals surface area contributed by atoms with Crippen molar-refractivity contribution in [2.75, 3.05) is 19.8 Å². The number of carbonyl (C=O) groups excluding carboxylic acids is 1. The summed E-state index contributed by atoms with van der Waals surface area (Å²) in [6, 6.07) is 8.03. The van der Waals surface area contributed by atoms with Crippen molar-refractivity contribution in [3.05, 3.63) is 34.3 Å². The van der Waals surface area contributed by atoms with Gasteiger partial charge in [-0.1, -0.05) is 34.1 Å². The van der Waals surface area contributed by atoms with Crippen molar-refractivity contribution in [2.24, 2.45) is 5.73 Å². The highest BCUT2D eigenvalue weighted by Gasteiger charge is 2.28. The minimum absolute atomic E-state index is 0.0375. The first-order valence-electron chi connectivity index (χ1n) is 6.03. The third-order valence-electron chi connectivity index (χ3n) is 3.10. The number of hydrogen-bond acceptors (Lipinski definition) is 3. The number of nitrogens with zero attached hydrogens (tertiary/aromatic N) is 1. The first kappa shape index (κ1) is 13.5. The second-order valence-electron chi connectivity index (χ2n) is 4.36. The number of rotatable bonds is 4. The van der Waals surface area contributed by atoms with Gasteiger partial charge in [-0.05, 0) is 24.6 Å². The number of nitrogens with two attached hydrogens (primary N) is 1. The molecule has 1 unspecified atom stereocenters. The predicted molar refractivity (Wildman–Crippen MR) is 73.0 cm³/mol. The summed E-state index contributed by atoms with van der Waals surface area (Å²) in [6.45, 7) is 1.92. The van der Waals surface area contributed by atoms with E-state index in [9.17, 15) is 4.79 Å². The molecule has 1 heterocycles. The normalized spacial score (nSPS) is 20.2. The van der Waals surface area contributed by atoms with Gasteiger partial charge in [0.25, 0.3) is 0 Å². The van der Waals surface area contributed by atoms with Crippen LogP contribution in [0.3, 0.4) is 0 Å². The Hall–Kier alpha value is -0.910. The molecule has 2 N–H and O–H groups in total. The molecule has 4 nitrogen and oxygen atoms in total. The highest BCUT2D eigenvalue weighted by molar-refractivity contribution is 9.10. The molecule has 0 saturated carbocycles. The quantitative estimate of drug-likeness (QED) is 0.917. The summed E-state index contributed by atoms with van der Waals surface area (Å²) in [6.07, 6.45) is 0.774. The van der Waals surface area contributed by atoms with Gasteiger partial charge >= 0.3 is 0 Å². The Balaban J connectivity index is 2.13. The van der Waals surface area contributed by atoms with E-state index < -0.39 is 0 Å². The maximum absolute atomic E-state index is 11.9. The molecule has 0 aromatic heterocycles. The lowest BCUT2D eigenvalue weighted by Gasteiger charge is -2.35. The number of hydrogen-bond donors (Lipinski definition) is 1. The fourth-order valence-electron chi connectivity index (χ4n) is 2.12. The SMILES string of the molecule is NCCC1COCC(=O)N1Cc1ccccc1Br. The second kappa shape index (κ2) is 6.31. The molecule has 1 atom stereocenters. The van der Waals surface area contributed by atoms with E-state index in [0.717, 1.165) is 16.5 Å². The van der Waals surface area contributed by atoms with Crippen molar-refractivity contribution in [1.82, 2.24) is 4.90 Å². The van der Waals surface area contributed by atoms with Crippen molar-refractivity contribution in [2.45, 2.75) is 19.0 Å². The van der Waals surface area contributed by atoms with Gasteiger partial charge in [0.15, 0.2) is 0 Å². The van der Waals surface area contributed by atoms with E-state index in [0.29, 0.717) is 19.7 Å². The zero-order valence-corrected chi connectivity index (χ0v) is 11.7. The van der Waals surface area contributed by atoms with E-state index in [4.69, 9.17) is 10.5 Å². The topological polar surface area (TPSA) is 55.6 Å². The average molecular weight is 313 g/mol. The molecule has 1 amide bonds. The van der Waals surface area contributed by atoms with Crippen LogP contribution in [0.1, 0.15) is 12.0 Å². The van der Waals surface area contributed by atoms with Crippen molar-refractivity contribution in [3.8, 4) is 0 Å². The number of halogens is 1. The highest BCUT2D eigenvalue weighted by atomic mass is 79.9. The van der Waals surface area contributed by atoms with Gasteiger partial charge in [-0.2, -0.15) is 0 Å². The Kier molecular flexibility index (Phi) is 4.74. The zero-order chi connectivity index (χ0) is 13.0. The largest absolute Gasteiger partial charge is 0.369 e. The summed E-state index contributed by atoms with van der Waals surface area (Å²) in [7, 11) is 0. The number of amides is 1. The standard InChI is InChI=1S/C13H17BrN2O2/c14-12-4-2-1-3-10(12)7-16-11(5-6-15)8-18-9-13(16)17/h1-4,11H,5-9,15H2. The molecular weight excluding hydrogens is 296 g/mol. The molecule has 1 fully saturated rings. The number of benzene rings is 1. The van der Waals surface area contributed by atoms with Crippen LogP contribution in [-0.4, -0.2) is 36.6 Å². The molecular formula is C13H17BrN2O2. The van der Waals surface area contributed by atoms with Crippen molar-refractivity contribution in [3.63, 3.8) is 0 Å². The molecule has 5 heteroatoms. The first-order chi connectivity index (χ1) is 8.72. The van der Waals surface area contributed by atoms with Crippen LogP contribution < -0.4 is 5.73 Å². The van der Waals surface area contributed by atoms with Gasteiger partial charge in [0.05, 0.1) is 12.6 Å². The zero-order valence-electron chi connectivity index (χ0n) is 10.1. The lowest BCUT2D eigenvalue weighted by molar-refractivity contribution is -0.149. The molecule has 1 aromatic carbocycles. The van der Waals surface area contributed by atoms with Gasteiger partial charge in [-0.3, -0.25) is 4.79 Å². The van der Waals surface area contributed by atoms with Crippen molar-refractivity contribution in [1.29, 1.82) is 0 Å². The Morgan fingerprint density at radius 2 is 2.22 bits per heavy atom. The van der Waals surface area contributed by atoms with Gasteiger partial charge in [0.2, 0.25) is 5.91 Å². The lowest BCUT2D eigenvalue weighted by atomic mass is 10.1. The van der Waals surface area contributed by atoms with Gasteiger partial charge in [0.1, 0.15) is 6.61 Å². The lowest BCUT2D eigenvalue weighted by Crippen LogP contribution is -2.49. The fourth-order valence-corrected chi connectivity index (χ4v) is 2.53. The fraction of sp³-hybridized carbons (Fsp3) is 0.462. The molecule has 0 radical (unpaired) electrons. The molecule has 1 aliphatic rings. The van der Waals surface area contributed by atoms with Gasteiger partial charge < -0.3 is 15.4 Å². The maximum atomic E-state index is 11.9. The minimum Gasteiger partial charge on any atom is -0.369 e. The van der Waals surface area contributed by atoms with Crippen molar-refractivity contribution >= 4 is 21.8 Å². The van der Waals surface area contributed by atoms with Gasteiger partial charge in [-0.25, -0.2) is 0 Å². The summed E-state index contributed by atoms with van der Waals surface area (Å²) in [5.74, 6) is 0.0375. The highest BCUT2D eigenvalue weighted by Crippen LogP contribution is 2.21. The van der Waals surface area contributed by atoms with Crippen molar-refractivity contribution < 1.29 is 9.53 Å². The van der Waals surface area contributed by atoms with Crippen LogP contribution in [0.2, 0.25) is 0 Å². The van der Waals surface area contributed by atoms with Crippen LogP contribution in [0.4, 0.5) is 0 Å². The molecule has 98 valence electrons.